The summed E-state index contributed by atoms with van der Waals surface area (Å²) in [6.45, 7) is 6.60. The van der Waals surface area contributed by atoms with E-state index in [1.54, 1.807) is 4.57 Å². The minimum atomic E-state index is -3.80. The number of nitrogens with two attached hydrogens (primary N) is 1. The van der Waals surface area contributed by atoms with Crippen LogP contribution in [0.2, 0.25) is 0 Å². The van der Waals surface area contributed by atoms with Gasteiger partial charge >= 0.3 is 0 Å². The Kier molecular flexibility index (Phi) is 5.28. The van der Waals surface area contributed by atoms with E-state index in [9.17, 15) is 8.42 Å². The zero-order chi connectivity index (χ0) is 13.8. The molecule has 0 saturated carbocycles. The normalized spacial score (nSPS) is 12.3. The molecule has 2 N–H and O–H groups in total. The monoisotopic (exact) mass is 274 g/mol. The van der Waals surface area contributed by atoms with Crippen LogP contribution in [0.4, 0.5) is 0 Å². The summed E-state index contributed by atoms with van der Waals surface area (Å²) in [7, 11) is -3.80. The Morgan fingerprint density at radius 1 is 1.17 bits per heavy atom. The topological polar surface area (TPSA) is 90.9 Å². The van der Waals surface area contributed by atoms with Gasteiger partial charge < -0.3 is 4.57 Å². The molecule has 0 amide bonds. The van der Waals surface area contributed by atoms with Crippen LogP contribution in [0.25, 0.3) is 0 Å². The van der Waals surface area contributed by atoms with Gasteiger partial charge in [0.15, 0.2) is 0 Å². The first-order valence-electron chi connectivity index (χ1n) is 6.41. The maximum atomic E-state index is 11.4. The molecule has 0 unspecified atom stereocenters. The third kappa shape index (κ3) is 3.29. The van der Waals surface area contributed by atoms with Crippen molar-refractivity contribution in [1.82, 2.24) is 14.8 Å². The predicted molar refractivity (Wildman–Crippen MR) is 69.6 cm³/mol. The SMILES string of the molecule is CCCC(CCC)c1nnc(S(N)(=O)=O)n1CC. The van der Waals surface area contributed by atoms with Gasteiger partial charge in [0.2, 0.25) is 0 Å². The number of nitrogens with zero attached hydrogens (tertiary/aromatic N) is 3. The fourth-order valence-electron chi connectivity index (χ4n) is 2.21. The lowest BCUT2D eigenvalue weighted by atomic mass is 9.97. The molecule has 0 saturated heterocycles. The average Bonchev–Trinajstić information content (AvgIpc) is 2.71. The van der Waals surface area contributed by atoms with Gasteiger partial charge in [-0.1, -0.05) is 26.7 Å². The highest BCUT2D eigenvalue weighted by Gasteiger charge is 2.24. The van der Waals surface area contributed by atoms with E-state index in [0.29, 0.717) is 6.54 Å². The first-order chi connectivity index (χ1) is 8.45. The highest BCUT2D eigenvalue weighted by atomic mass is 32.2. The number of sulfonamides is 1. The van der Waals surface area contributed by atoms with Crippen LogP contribution >= 0.6 is 0 Å². The zero-order valence-corrected chi connectivity index (χ0v) is 12.1. The number of aromatic nitrogens is 3. The van der Waals surface area contributed by atoms with Crippen molar-refractivity contribution in [2.24, 2.45) is 5.14 Å². The predicted octanol–water partition coefficient (Wildman–Crippen LogP) is 1.63. The smallest absolute Gasteiger partial charge is 0.273 e. The van der Waals surface area contributed by atoms with E-state index in [1.807, 2.05) is 6.92 Å². The van der Waals surface area contributed by atoms with Gasteiger partial charge in [-0.3, -0.25) is 0 Å². The molecule has 0 fully saturated rings. The average molecular weight is 274 g/mol. The lowest BCUT2D eigenvalue weighted by Gasteiger charge is -2.15. The van der Waals surface area contributed by atoms with Crippen LogP contribution in [0.15, 0.2) is 5.16 Å². The quantitative estimate of drug-likeness (QED) is 0.818. The Morgan fingerprint density at radius 2 is 1.72 bits per heavy atom. The minimum Gasteiger partial charge on any atom is -0.301 e. The van der Waals surface area contributed by atoms with Crippen molar-refractivity contribution in [1.29, 1.82) is 0 Å². The Labute approximate surface area is 109 Å². The number of rotatable bonds is 7. The standard InChI is InChI=1S/C11H22N4O2S/c1-4-7-9(8-5-2)10-13-14-11(15(10)6-3)18(12,16)17/h9H,4-8H2,1-3H3,(H2,12,16,17). The van der Waals surface area contributed by atoms with E-state index in [-0.39, 0.29) is 11.1 Å². The van der Waals surface area contributed by atoms with Crippen LogP contribution in [-0.2, 0) is 16.6 Å². The maximum absolute atomic E-state index is 11.4. The molecular weight excluding hydrogens is 252 g/mol. The summed E-state index contributed by atoms with van der Waals surface area (Å²) in [5, 5.41) is 12.8. The molecule has 104 valence electrons. The molecule has 0 aromatic carbocycles. The van der Waals surface area contributed by atoms with Crippen molar-refractivity contribution in [3.63, 3.8) is 0 Å². The second-order valence-corrected chi connectivity index (χ2v) is 5.86. The Morgan fingerprint density at radius 3 is 2.11 bits per heavy atom. The van der Waals surface area contributed by atoms with Crippen LogP contribution in [-0.4, -0.2) is 23.2 Å². The second kappa shape index (κ2) is 6.29. The third-order valence-electron chi connectivity index (χ3n) is 2.96. The molecule has 1 aromatic heterocycles. The van der Waals surface area contributed by atoms with Gasteiger partial charge in [0.25, 0.3) is 15.2 Å². The van der Waals surface area contributed by atoms with Crippen molar-refractivity contribution in [3.8, 4) is 0 Å². The molecule has 7 heteroatoms. The van der Waals surface area contributed by atoms with Crippen LogP contribution < -0.4 is 5.14 Å². The minimum absolute atomic E-state index is 0.128. The summed E-state index contributed by atoms with van der Waals surface area (Å²) >= 11 is 0. The molecule has 1 heterocycles. The highest BCUT2D eigenvalue weighted by molar-refractivity contribution is 7.89. The Bertz CT molecular complexity index is 475. The summed E-state index contributed by atoms with van der Waals surface area (Å²) in [6.07, 6.45) is 4.03. The van der Waals surface area contributed by atoms with E-state index in [2.05, 4.69) is 24.0 Å². The molecule has 0 aliphatic heterocycles. The molecule has 6 nitrogen and oxygen atoms in total. The van der Waals surface area contributed by atoms with Gasteiger partial charge in [-0.05, 0) is 19.8 Å². The molecule has 18 heavy (non-hydrogen) atoms. The lowest BCUT2D eigenvalue weighted by Crippen LogP contribution is -2.19. The summed E-state index contributed by atoms with van der Waals surface area (Å²) in [6, 6.07) is 0. The van der Waals surface area contributed by atoms with Crippen molar-refractivity contribution in [2.75, 3.05) is 0 Å². The molecular formula is C11H22N4O2S. The van der Waals surface area contributed by atoms with Crippen LogP contribution in [0.3, 0.4) is 0 Å². The Hall–Kier alpha value is -0.950. The first kappa shape index (κ1) is 15.1. The van der Waals surface area contributed by atoms with Gasteiger partial charge in [-0.15, -0.1) is 10.2 Å². The van der Waals surface area contributed by atoms with E-state index in [4.69, 9.17) is 5.14 Å². The van der Waals surface area contributed by atoms with Gasteiger partial charge in [0.05, 0.1) is 0 Å². The fourth-order valence-corrected chi connectivity index (χ4v) is 2.89. The number of hydrogen-bond acceptors (Lipinski definition) is 4. The Balaban J connectivity index is 3.19. The summed E-state index contributed by atoms with van der Waals surface area (Å²) in [5.74, 6) is 0.994. The summed E-state index contributed by atoms with van der Waals surface area (Å²) in [5.41, 5.74) is 0. The third-order valence-corrected chi connectivity index (χ3v) is 3.77. The second-order valence-electron chi connectivity index (χ2n) is 4.40. The van der Waals surface area contributed by atoms with Gasteiger partial charge in [-0.2, -0.15) is 0 Å². The largest absolute Gasteiger partial charge is 0.301 e. The molecule has 0 aliphatic carbocycles. The molecule has 1 aromatic rings. The fraction of sp³-hybridized carbons (Fsp3) is 0.818. The van der Waals surface area contributed by atoms with Crippen LogP contribution in [0.5, 0.6) is 0 Å². The van der Waals surface area contributed by atoms with E-state index in [0.717, 1.165) is 31.5 Å². The van der Waals surface area contributed by atoms with Crippen LogP contribution in [0.1, 0.15) is 58.2 Å². The lowest BCUT2D eigenvalue weighted by molar-refractivity contribution is 0.493. The van der Waals surface area contributed by atoms with E-state index >= 15 is 0 Å². The zero-order valence-electron chi connectivity index (χ0n) is 11.3. The number of primary sulfonamides is 1. The number of hydrogen-bond donors (Lipinski definition) is 1. The van der Waals surface area contributed by atoms with Gasteiger partial charge in [0, 0.05) is 12.5 Å². The molecule has 0 atom stereocenters. The molecule has 0 radical (unpaired) electrons. The highest BCUT2D eigenvalue weighted by Crippen LogP contribution is 2.26. The summed E-state index contributed by atoms with van der Waals surface area (Å²) < 4.78 is 24.5. The van der Waals surface area contributed by atoms with Crippen molar-refractivity contribution >= 4 is 10.0 Å². The maximum Gasteiger partial charge on any atom is 0.273 e. The van der Waals surface area contributed by atoms with Crippen LogP contribution in [0, 0.1) is 0 Å². The van der Waals surface area contributed by atoms with Crippen molar-refractivity contribution in [2.45, 2.75) is 64.1 Å². The first-order valence-corrected chi connectivity index (χ1v) is 7.96. The van der Waals surface area contributed by atoms with E-state index in [1.165, 1.54) is 0 Å². The van der Waals surface area contributed by atoms with Crippen molar-refractivity contribution in [3.05, 3.63) is 5.82 Å². The molecule has 0 spiro atoms. The molecule has 1 rings (SSSR count). The molecule has 0 aliphatic rings. The summed E-state index contributed by atoms with van der Waals surface area (Å²) in [4.78, 5) is 0. The van der Waals surface area contributed by atoms with Gasteiger partial charge in [-0.25, -0.2) is 13.6 Å². The van der Waals surface area contributed by atoms with Gasteiger partial charge in [0.1, 0.15) is 5.82 Å². The van der Waals surface area contributed by atoms with Crippen molar-refractivity contribution < 1.29 is 8.42 Å². The van der Waals surface area contributed by atoms with E-state index < -0.39 is 10.0 Å². The molecule has 0 bridgehead atoms.